The number of anilines is 1. The zero-order valence-corrected chi connectivity index (χ0v) is 13.6. The van der Waals surface area contributed by atoms with Crippen LogP contribution in [-0.2, 0) is 25.8 Å². The lowest BCUT2D eigenvalue weighted by atomic mass is 10.1. The smallest absolute Gasteiger partial charge is 0.0766 e. The highest BCUT2D eigenvalue weighted by Gasteiger charge is 2.23. The molecule has 3 nitrogen and oxygen atoms in total. The average molecular weight is 334 g/mol. The average Bonchev–Trinajstić information content (AvgIpc) is 3.01. The maximum Gasteiger partial charge on any atom is 0.0766 e. The molecule has 1 atom stereocenters. The Balaban J connectivity index is 1.81. The van der Waals surface area contributed by atoms with Crippen LogP contribution < -0.4 is 5.32 Å². The second kappa shape index (κ2) is 5.60. The summed E-state index contributed by atoms with van der Waals surface area (Å²) in [4.78, 5) is 0. The molecule has 3 rings (SSSR count). The van der Waals surface area contributed by atoms with E-state index in [2.05, 4.69) is 69.1 Å². The lowest BCUT2D eigenvalue weighted by molar-refractivity contribution is 0.591. The Bertz CT molecular complexity index is 593. The van der Waals surface area contributed by atoms with E-state index in [-0.39, 0.29) is 0 Å². The van der Waals surface area contributed by atoms with Crippen molar-refractivity contribution >= 4 is 21.6 Å². The zero-order chi connectivity index (χ0) is 14.1. The van der Waals surface area contributed by atoms with E-state index in [9.17, 15) is 0 Å². The van der Waals surface area contributed by atoms with Crippen LogP contribution in [-0.4, -0.2) is 15.8 Å². The summed E-state index contributed by atoms with van der Waals surface area (Å²) >= 11 is 3.73. The van der Waals surface area contributed by atoms with E-state index < -0.39 is 0 Å². The summed E-state index contributed by atoms with van der Waals surface area (Å²) in [6, 6.07) is 9.06. The third-order valence-electron chi connectivity index (χ3n) is 3.98. The summed E-state index contributed by atoms with van der Waals surface area (Å²) in [6.07, 6.45) is 3.08. The van der Waals surface area contributed by atoms with Gasteiger partial charge in [0.2, 0.25) is 0 Å². The Morgan fingerprint density at radius 3 is 2.85 bits per heavy atom. The SMILES string of the molecule is CCc1nn(CC)c(CC2Cc3ccccc3N2)c1Br. The van der Waals surface area contributed by atoms with Gasteiger partial charge < -0.3 is 5.32 Å². The molecule has 0 saturated heterocycles. The number of hydrogen-bond donors (Lipinski definition) is 1. The molecule has 2 aromatic rings. The maximum atomic E-state index is 4.68. The van der Waals surface area contributed by atoms with Crippen LogP contribution in [0, 0.1) is 0 Å². The third-order valence-corrected chi connectivity index (χ3v) is 4.89. The molecule has 0 radical (unpaired) electrons. The number of rotatable bonds is 4. The molecule has 4 heteroatoms. The fourth-order valence-electron chi connectivity index (χ4n) is 2.94. The number of aryl methyl sites for hydroxylation is 2. The standard InChI is InChI=1S/C16H20BrN3/c1-3-13-16(17)15(20(4-2)19-13)10-12-9-11-7-5-6-8-14(11)18-12/h5-8,12,18H,3-4,9-10H2,1-2H3. The predicted molar refractivity (Wildman–Crippen MR) is 86.2 cm³/mol. The van der Waals surface area contributed by atoms with Crippen molar-refractivity contribution in [2.24, 2.45) is 0 Å². The number of nitrogens with one attached hydrogen (secondary N) is 1. The number of para-hydroxylation sites is 1. The fraction of sp³-hybridized carbons (Fsp3) is 0.438. The number of halogens is 1. The van der Waals surface area contributed by atoms with Gasteiger partial charge in [-0.05, 0) is 47.3 Å². The molecule has 0 spiro atoms. The van der Waals surface area contributed by atoms with Gasteiger partial charge in [-0.15, -0.1) is 0 Å². The number of aromatic nitrogens is 2. The van der Waals surface area contributed by atoms with Crippen LogP contribution >= 0.6 is 15.9 Å². The second-order valence-corrected chi connectivity index (χ2v) is 6.08. The predicted octanol–water partition coefficient (Wildman–Crippen LogP) is 3.81. The van der Waals surface area contributed by atoms with Crippen LogP contribution in [0.15, 0.2) is 28.7 Å². The van der Waals surface area contributed by atoms with Crippen molar-refractivity contribution in [2.75, 3.05) is 5.32 Å². The Kier molecular flexibility index (Phi) is 3.83. The van der Waals surface area contributed by atoms with Crippen molar-refractivity contribution in [2.45, 2.75) is 45.7 Å². The quantitative estimate of drug-likeness (QED) is 0.922. The molecule has 0 bridgehead atoms. The molecule has 1 unspecified atom stereocenters. The largest absolute Gasteiger partial charge is 0.381 e. The van der Waals surface area contributed by atoms with Crippen LogP contribution in [0.2, 0.25) is 0 Å². The van der Waals surface area contributed by atoms with Gasteiger partial charge >= 0.3 is 0 Å². The van der Waals surface area contributed by atoms with E-state index in [1.54, 1.807) is 0 Å². The first-order valence-corrected chi connectivity index (χ1v) is 8.10. The van der Waals surface area contributed by atoms with Gasteiger partial charge in [0.1, 0.15) is 0 Å². The number of nitrogens with zero attached hydrogens (tertiary/aromatic N) is 2. The van der Waals surface area contributed by atoms with E-state index in [1.165, 1.54) is 21.4 Å². The third kappa shape index (κ3) is 2.37. The van der Waals surface area contributed by atoms with Crippen molar-refractivity contribution in [3.63, 3.8) is 0 Å². The molecule has 1 aliphatic heterocycles. The maximum absolute atomic E-state index is 4.68. The summed E-state index contributed by atoms with van der Waals surface area (Å²) < 4.78 is 3.33. The van der Waals surface area contributed by atoms with Crippen molar-refractivity contribution in [1.82, 2.24) is 9.78 Å². The molecule has 2 heterocycles. The first-order chi connectivity index (χ1) is 9.72. The Hall–Kier alpha value is -1.29. The van der Waals surface area contributed by atoms with Crippen LogP contribution in [0.5, 0.6) is 0 Å². The highest BCUT2D eigenvalue weighted by molar-refractivity contribution is 9.10. The van der Waals surface area contributed by atoms with Crippen molar-refractivity contribution < 1.29 is 0 Å². The van der Waals surface area contributed by atoms with Gasteiger partial charge in [-0.2, -0.15) is 5.10 Å². The second-order valence-electron chi connectivity index (χ2n) is 5.28. The van der Waals surface area contributed by atoms with Gasteiger partial charge in [0.25, 0.3) is 0 Å². The molecule has 106 valence electrons. The summed E-state index contributed by atoms with van der Waals surface area (Å²) in [5.41, 5.74) is 5.19. The first kappa shape index (κ1) is 13.7. The van der Waals surface area contributed by atoms with Crippen molar-refractivity contribution in [1.29, 1.82) is 0 Å². The highest BCUT2D eigenvalue weighted by atomic mass is 79.9. The van der Waals surface area contributed by atoms with Crippen molar-refractivity contribution in [3.05, 3.63) is 45.7 Å². The van der Waals surface area contributed by atoms with Gasteiger partial charge in [-0.1, -0.05) is 25.1 Å². The van der Waals surface area contributed by atoms with Gasteiger partial charge in [-0.25, -0.2) is 0 Å². The van der Waals surface area contributed by atoms with Crippen LogP contribution in [0.3, 0.4) is 0 Å². The van der Waals surface area contributed by atoms with Gasteiger partial charge in [0, 0.05) is 24.7 Å². The molecule has 0 saturated carbocycles. The normalized spacial score (nSPS) is 17.1. The first-order valence-electron chi connectivity index (χ1n) is 7.31. The van der Waals surface area contributed by atoms with Crippen LogP contribution in [0.25, 0.3) is 0 Å². The Morgan fingerprint density at radius 2 is 2.15 bits per heavy atom. The van der Waals surface area contributed by atoms with Crippen molar-refractivity contribution in [3.8, 4) is 0 Å². The lowest BCUT2D eigenvalue weighted by Crippen LogP contribution is -2.21. The molecular weight excluding hydrogens is 314 g/mol. The zero-order valence-electron chi connectivity index (χ0n) is 12.0. The van der Waals surface area contributed by atoms with Crippen LogP contribution in [0.4, 0.5) is 5.69 Å². The topological polar surface area (TPSA) is 29.9 Å². The minimum Gasteiger partial charge on any atom is -0.381 e. The molecule has 1 N–H and O–H groups in total. The van der Waals surface area contributed by atoms with E-state index in [0.29, 0.717) is 6.04 Å². The summed E-state index contributed by atoms with van der Waals surface area (Å²) in [5.74, 6) is 0. The van der Waals surface area contributed by atoms with E-state index in [4.69, 9.17) is 0 Å². The molecule has 1 aromatic heterocycles. The van der Waals surface area contributed by atoms with E-state index in [0.717, 1.165) is 31.5 Å². The molecule has 0 aliphatic carbocycles. The Morgan fingerprint density at radius 1 is 1.35 bits per heavy atom. The summed E-state index contributed by atoms with van der Waals surface area (Å²) in [7, 11) is 0. The fourth-order valence-corrected chi connectivity index (χ4v) is 3.67. The molecule has 1 aliphatic rings. The lowest BCUT2D eigenvalue weighted by Gasteiger charge is -2.13. The summed E-state index contributed by atoms with van der Waals surface area (Å²) in [5, 5.41) is 8.31. The molecule has 1 aromatic carbocycles. The highest BCUT2D eigenvalue weighted by Crippen LogP contribution is 2.30. The molecular formula is C16H20BrN3. The van der Waals surface area contributed by atoms with Crippen LogP contribution in [0.1, 0.15) is 30.8 Å². The molecule has 20 heavy (non-hydrogen) atoms. The molecule has 0 fully saturated rings. The monoisotopic (exact) mass is 333 g/mol. The van der Waals surface area contributed by atoms with Gasteiger partial charge in [0.05, 0.1) is 15.9 Å². The van der Waals surface area contributed by atoms with E-state index >= 15 is 0 Å². The minimum atomic E-state index is 0.468. The van der Waals surface area contributed by atoms with E-state index in [1.807, 2.05) is 0 Å². The number of benzene rings is 1. The number of fused-ring (bicyclic) bond motifs is 1. The number of hydrogen-bond acceptors (Lipinski definition) is 2. The summed E-state index contributed by atoms with van der Waals surface area (Å²) in [6.45, 7) is 5.23. The Labute approximate surface area is 128 Å². The minimum absolute atomic E-state index is 0.468. The van der Waals surface area contributed by atoms with Gasteiger partial charge in [-0.3, -0.25) is 4.68 Å². The molecule has 0 amide bonds. The van der Waals surface area contributed by atoms with Gasteiger partial charge in [0.15, 0.2) is 0 Å².